The minimum atomic E-state index is -1.26. The number of hydrogen-bond donors (Lipinski definition) is 2. The number of aromatic nitrogens is 1. The van der Waals surface area contributed by atoms with E-state index in [1.54, 1.807) is 6.07 Å². The van der Waals surface area contributed by atoms with Gasteiger partial charge in [0.05, 0.1) is 36.1 Å². The smallest absolute Gasteiger partial charge is 0.328 e. The van der Waals surface area contributed by atoms with Gasteiger partial charge in [-0.15, -0.1) is 0 Å². The van der Waals surface area contributed by atoms with Crippen LogP contribution in [0.5, 0.6) is 5.75 Å². The van der Waals surface area contributed by atoms with E-state index in [0.29, 0.717) is 50.0 Å². The Balaban J connectivity index is 0.000000510. The fourth-order valence-electron chi connectivity index (χ4n) is 5.43. The highest BCUT2D eigenvalue weighted by atomic mass is 16.7. The summed E-state index contributed by atoms with van der Waals surface area (Å²) in [5.74, 6) is -1.03. The van der Waals surface area contributed by atoms with Crippen molar-refractivity contribution < 1.29 is 38.5 Å². The summed E-state index contributed by atoms with van der Waals surface area (Å²) in [6.07, 6.45) is 5.48. The Morgan fingerprint density at radius 1 is 1.11 bits per heavy atom. The van der Waals surface area contributed by atoms with Crippen LogP contribution in [0.1, 0.15) is 41.6 Å². The van der Waals surface area contributed by atoms with Crippen LogP contribution in [-0.4, -0.2) is 90.3 Å². The molecule has 5 rings (SSSR count). The summed E-state index contributed by atoms with van der Waals surface area (Å²) in [4.78, 5) is 23.7. The third kappa shape index (κ3) is 10.4. The topological polar surface area (TPSA) is 159 Å². The fourth-order valence-corrected chi connectivity index (χ4v) is 5.43. The predicted octanol–water partition coefficient (Wildman–Crippen LogP) is 4.07. The number of piperidine rings is 1. The zero-order valence-corrected chi connectivity index (χ0v) is 25.7. The molecule has 2 aliphatic heterocycles. The molecule has 2 saturated heterocycles. The van der Waals surface area contributed by atoms with Gasteiger partial charge in [-0.3, -0.25) is 4.90 Å². The van der Waals surface area contributed by atoms with Gasteiger partial charge in [-0.1, -0.05) is 17.3 Å². The number of rotatable bonds is 12. The number of carboxylic acid groups (broad SMARTS) is 2. The molecule has 0 saturated carbocycles. The van der Waals surface area contributed by atoms with Crippen molar-refractivity contribution in [3.05, 3.63) is 70.9 Å². The Hall–Kier alpha value is -4.28. The Labute approximate surface area is 262 Å². The van der Waals surface area contributed by atoms with Gasteiger partial charge in [0, 0.05) is 30.6 Å². The molecule has 3 aromatic rings. The third-order valence-electron chi connectivity index (χ3n) is 7.66. The van der Waals surface area contributed by atoms with E-state index < -0.39 is 11.9 Å². The van der Waals surface area contributed by atoms with Crippen molar-refractivity contribution >= 4 is 22.9 Å². The lowest BCUT2D eigenvalue weighted by atomic mass is 9.91. The highest BCUT2D eigenvalue weighted by Crippen LogP contribution is 2.33. The number of benzene rings is 2. The van der Waals surface area contributed by atoms with E-state index in [1.807, 2.05) is 38.4 Å². The molecule has 3 heterocycles. The number of ether oxygens (including phenoxy) is 3. The molecule has 0 spiro atoms. The van der Waals surface area contributed by atoms with Gasteiger partial charge in [-0.25, -0.2) is 9.59 Å². The SMILES string of the molecule is CN(C)Cc1c(OCc2cccc(C#N)c2)ccc2c(CCC3CCN(CC4OCCO4)CC3)noc12.O=C(O)C=CC(=O)O. The number of likely N-dealkylation sites (tertiary alicyclic amines) is 1. The molecule has 12 nitrogen and oxygen atoms in total. The molecule has 0 aliphatic carbocycles. The number of hydrogen-bond acceptors (Lipinski definition) is 10. The Morgan fingerprint density at radius 2 is 1.82 bits per heavy atom. The molecule has 1 aromatic heterocycles. The number of carbonyl (C=O) groups is 2. The summed E-state index contributed by atoms with van der Waals surface area (Å²) in [6, 6.07) is 13.8. The number of aliphatic carboxylic acids is 2. The molecule has 2 aromatic carbocycles. The molecule has 0 radical (unpaired) electrons. The first-order chi connectivity index (χ1) is 21.7. The second-order valence-corrected chi connectivity index (χ2v) is 11.4. The van der Waals surface area contributed by atoms with Gasteiger partial charge in [0.2, 0.25) is 0 Å². The summed E-state index contributed by atoms with van der Waals surface area (Å²) >= 11 is 0. The quantitative estimate of drug-likeness (QED) is 0.280. The lowest BCUT2D eigenvalue weighted by molar-refractivity contribution is -0.134. The van der Waals surface area contributed by atoms with E-state index in [-0.39, 0.29) is 6.29 Å². The number of aryl methyl sites for hydroxylation is 1. The van der Waals surface area contributed by atoms with Gasteiger partial charge in [-0.2, -0.15) is 5.26 Å². The highest BCUT2D eigenvalue weighted by molar-refractivity contribution is 5.89. The summed E-state index contributed by atoms with van der Waals surface area (Å²) in [7, 11) is 4.07. The lowest BCUT2D eigenvalue weighted by Gasteiger charge is -2.32. The largest absolute Gasteiger partial charge is 0.488 e. The molecule has 0 amide bonds. The predicted molar refractivity (Wildman–Crippen MR) is 164 cm³/mol. The molecular weight excluding hydrogens is 580 g/mol. The van der Waals surface area contributed by atoms with Crippen molar-refractivity contribution in [3.8, 4) is 11.8 Å². The molecule has 12 heteroatoms. The Morgan fingerprint density at radius 3 is 2.47 bits per heavy atom. The minimum absolute atomic E-state index is 0.0500. The van der Waals surface area contributed by atoms with E-state index in [9.17, 15) is 14.9 Å². The van der Waals surface area contributed by atoms with Gasteiger partial charge < -0.3 is 33.8 Å². The van der Waals surface area contributed by atoms with Crippen LogP contribution in [0.15, 0.2) is 53.1 Å². The van der Waals surface area contributed by atoms with Crippen LogP contribution in [0, 0.1) is 17.2 Å². The van der Waals surface area contributed by atoms with Crippen molar-refractivity contribution in [2.24, 2.45) is 5.92 Å². The first-order valence-electron chi connectivity index (χ1n) is 15.0. The first kappa shape index (κ1) is 33.6. The monoisotopic (exact) mass is 620 g/mol. The van der Waals surface area contributed by atoms with E-state index >= 15 is 0 Å². The molecule has 2 fully saturated rings. The minimum Gasteiger partial charge on any atom is -0.488 e. The van der Waals surface area contributed by atoms with E-state index in [0.717, 1.165) is 66.0 Å². The maximum absolute atomic E-state index is 9.55. The van der Waals surface area contributed by atoms with Crippen LogP contribution in [-0.2, 0) is 38.6 Å². The van der Waals surface area contributed by atoms with Crippen molar-refractivity contribution in [3.63, 3.8) is 0 Å². The van der Waals surface area contributed by atoms with Gasteiger partial charge in [0.1, 0.15) is 12.4 Å². The van der Waals surface area contributed by atoms with E-state index in [4.69, 9.17) is 28.9 Å². The number of nitriles is 1. The number of nitrogens with zero attached hydrogens (tertiary/aromatic N) is 4. The summed E-state index contributed by atoms with van der Waals surface area (Å²) < 4.78 is 23.3. The van der Waals surface area contributed by atoms with Gasteiger partial charge in [0.15, 0.2) is 11.9 Å². The van der Waals surface area contributed by atoms with Crippen LogP contribution in [0.4, 0.5) is 0 Å². The molecule has 0 unspecified atom stereocenters. The summed E-state index contributed by atoms with van der Waals surface area (Å²) in [6.45, 7) is 5.58. The average Bonchev–Trinajstić information content (AvgIpc) is 3.69. The fraction of sp³-hybridized carbons (Fsp3) is 0.455. The van der Waals surface area contributed by atoms with Crippen LogP contribution in [0.3, 0.4) is 0 Å². The zero-order chi connectivity index (χ0) is 32.2. The maximum atomic E-state index is 9.55. The van der Waals surface area contributed by atoms with E-state index in [1.165, 1.54) is 12.8 Å². The van der Waals surface area contributed by atoms with Crippen LogP contribution >= 0.6 is 0 Å². The molecule has 0 bridgehead atoms. The van der Waals surface area contributed by atoms with Gasteiger partial charge in [-0.05, 0) is 88.6 Å². The Bertz CT molecular complexity index is 1480. The van der Waals surface area contributed by atoms with Crippen molar-refractivity contribution in [2.45, 2.75) is 45.1 Å². The standard InChI is InChI=1S/C29H36N4O4.C4H4O4/c1-32(2)18-25-27(36-20-23-5-3-4-22(16-23)17-30)9-7-24-26(31-37-29(24)25)8-6-21-10-12-33(13-11-21)19-28-34-14-15-35-28;5-3(6)1-2-4(7)8/h3-5,7,9,16,21,28H,6,8,10-15,18-20H2,1-2H3;1-2H,(H,5,6)(H,7,8). The molecular formula is C33H40N4O8. The van der Waals surface area contributed by atoms with Crippen LogP contribution in [0.25, 0.3) is 11.0 Å². The normalized spacial score (nSPS) is 16.1. The summed E-state index contributed by atoms with van der Waals surface area (Å²) in [5, 5.41) is 30.4. The van der Waals surface area contributed by atoms with Crippen molar-refractivity contribution in [2.75, 3.05) is 46.9 Å². The molecule has 2 aliphatic rings. The Kier molecular flexibility index (Phi) is 12.5. The molecule has 2 N–H and O–H groups in total. The lowest BCUT2D eigenvalue weighted by Crippen LogP contribution is -2.39. The van der Waals surface area contributed by atoms with Gasteiger partial charge in [0.25, 0.3) is 0 Å². The highest BCUT2D eigenvalue weighted by Gasteiger charge is 2.25. The van der Waals surface area contributed by atoms with Crippen LogP contribution < -0.4 is 4.74 Å². The average molecular weight is 621 g/mol. The van der Waals surface area contributed by atoms with Crippen molar-refractivity contribution in [1.82, 2.24) is 15.0 Å². The number of fused-ring (bicyclic) bond motifs is 1. The van der Waals surface area contributed by atoms with Gasteiger partial charge >= 0.3 is 11.9 Å². The summed E-state index contributed by atoms with van der Waals surface area (Å²) in [5.41, 5.74) is 4.43. The molecule has 45 heavy (non-hydrogen) atoms. The molecule has 240 valence electrons. The number of carboxylic acids is 2. The maximum Gasteiger partial charge on any atom is 0.328 e. The zero-order valence-electron chi connectivity index (χ0n) is 25.7. The van der Waals surface area contributed by atoms with E-state index in [2.05, 4.69) is 27.1 Å². The van der Waals surface area contributed by atoms with Crippen molar-refractivity contribution in [1.29, 1.82) is 5.26 Å². The third-order valence-corrected chi connectivity index (χ3v) is 7.66. The molecule has 0 atom stereocenters. The second-order valence-electron chi connectivity index (χ2n) is 11.4. The van der Waals surface area contributed by atoms with Crippen LogP contribution in [0.2, 0.25) is 0 Å². The second kappa shape index (κ2) is 16.7. The first-order valence-corrected chi connectivity index (χ1v) is 15.0.